The Kier molecular flexibility index (Phi) is 4.37. The van der Waals surface area contributed by atoms with Gasteiger partial charge in [0.15, 0.2) is 5.65 Å². The van der Waals surface area contributed by atoms with Crippen molar-refractivity contribution in [1.82, 2.24) is 19.5 Å². The molecule has 1 unspecified atom stereocenters. The predicted octanol–water partition coefficient (Wildman–Crippen LogP) is 3.69. The van der Waals surface area contributed by atoms with Crippen molar-refractivity contribution in [2.45, 2.75) is 39.0 Å². The molecule has 4 rings (SSSR count). The van der Waals surface area contributed by atoms with E-state index in [0.717, 1.165) is 5.56 Å². The number of aromatic amines is 1. The number of hydrogen-bond acceptors (Lipinski definition) is 3. The third kappa shape index (κ3) is 3.03. The fourth-order valence-electron chi connectivity index (χ4n) is 4.38. The van der Waals surface area contributed by atoms with Crippen molar-refractivity contribution in [3.05, 3.63) is 58.0 Å². The molecule has 0 aliphatic heterocycles. The molecule has 1 atom stereocenters. The highest BCUT2D eigenvalue weighted by molar-refractivity contribution is 5.99. The molecule has 0 bridgehead atoms. The zero-order valence-corrected chi connectivity index (χ0v) is 16.8. The molecule has 1 aliphatic carbocycles. The number of rotatable bonds is 3. The minimum Gasteiger partial charge on any atom is -0.345 e. The lowest BCUT2D eigenvalue weighted by Gasteiger charge is -2.27. The van der Waals surface area contributed by atoms with E-state index in [1.807, 2.05) is 0 Å². The molecule has 146 valence electrons. The maximum atomic E-state index is 12.5. The van der Waals surface area contributed by atoms with E-state index >= 15 is 0 Å². The Labute approximate surface area is 164 Å². The molecule has 28 heavy (non-hydrogen) atoms. The van der Waals surface area contributed by atoms with Crippen LogP contribution >= 0.6 is 0 Å². The van der Waals surface area contributed by atoms with Gasteiger partial charge in [-0.15, -0.1) is 0 Å². The van der Waals surface area contributed by atoms with Crippen LogP contribution in [0.2, 0.25) is 0 Å². The van der Waals surface area contributed by atoms with Crippen LogP contribution in [0.5, 0.6) is 0 Å². The second-order valence-corrected chi connectivity index (χ2v) is 8.59. The van der Waals surface area contributed by atoms with Gasteiger partial charge in [-0.3, -0.25) is 9.59 Å². The standard InChI is InChI=1S/C22H26N4O2/c1-22(2)11-5-6-17(22)14-7-9-15(10-8-14)18-12-19(27)26-20(24-18)16(13-23-26)21(28)25(3)4/h7-10,12-13,17,24H,5-6,11H2,1-4H3. The number of amides is 1. The van der Waals surface area contributed by atoms with Crippen LogP contribution in [0.4, 0.5) is 0 Å². The summed E-state index contributed by atoms with van der Waals surface area (Å²) in [4.78, 5) is 29.6. The summed E-state index contributed by atoms with van der Waals surface area (Å²) in [6.07, 6.45) is 5.19. The molecule has 1 aliphatic rings. The van der Waals surface area contributed by atoms with E-state index in [1.165, 1.54) is 46.5 Å². The van der Waals surface area contributed by atoms with Crippen molar-refractivity contribution in [1.29, 1.82) is 0 Å². The van der Waals surface area contributed by atoms with E-state index in [2.05, 4.69) is 48.2 Å². The number of carbonyl (C=O) groups is 1. The summed E-state index contributed by atoms with van der Waals surface area (Å²) in [6, 6.07) is 9.96. The normalized spacial score (nSPS) is 18.5. The summed E-state index contributed by atoms with van der Waals surface area (Å²) in [5.74, 6) is 0.379. The monoisotopic (exact) mass is 378 g/mol. The second-order valence-electron chi connectivity index (χ2n) is 8.59. The van der Waals surface area contributed by atoms with Crippen LogP contribution in [0.15, 0.2) is 41.3 Å². The second kappa shape index (κ2) is 6.62. The van der Waals surface area contributed by atoms with Gasteiger partial charge in [0.05, 0.1) is 11.9 Å². The molecule has 0 saturated heterocycles. The quantitative estimate of drug-likeness (QED) is 0.756. The molecular formula is C22H26N4O2. The molecule has 2 aromatic heterocycles. The van der Waals surface area contributed by atoms with Crippen LogP contribution in [0.3, 0.4) is 0 Å². The molecule has 1 aromatic carbocycles. The van der Waals surface area contributed by atoms with Gasteiger partial charge in [-0.05, 0) is 35.3 Å². The molecule has 2 heterocycles. The Morgan fingerprint density at radius 1 is 1.25 bits per heavy atom. The van der Waals surface area contributed by atoms with Crippen LogP contribution in [0, 0.1) is 5.41 Å². The minimum absolute atomic E-state index is 0.193. The first-order chi connectivity index (χ1) is 13.3. The Morgan fingerprint density at radius 2 is 1.96 bits per heavy atom. The average Bonchev–Trinajstić information content (AvgIpc) is 3.24. The van der Waals surface area contributed by atoms with Gasteiger partial charge in [0.25, 0.3) is 11.5 Å². The third-order valence-electron chi connectivity index (χ3n) is 6.02. The number of H-pyrrole nitrogens is 1. The summed E-state index contributed by atoms with van der Waals surface area (Å²) in [5.41, 5.74) is 3.82. The Morgan fingerprint density at radius 3 is 2.57 bits per heavy atom. The number of nitrogens with zero attached hydrogens (tertiary/aromatic N) is 3. The van der Waals surface area contributed by atoms with E-state index in [4.69, 9.17) is 0 Å². The lowest BCUT2D eigenvalue weighted by molar-refractivity contribution is 0.0829. The van der Waals surface area contributed by atoms with Crippen molar-refractivity contribution in [2.24, 2.45) is 5.41 Å². The van der Waals surface area contributed by atoms with E-state index in [1.54, 1.807) is 14.1 Å². The zero-order chi connectivity index (χ0) is 20.1. The van der Waals surface area contributed by atoms with Crippen LogP contribution in [0.1, 0.15) is 54.9 Å². The highest BCUT2D eigenvalue weighted by Crippen LogP contribution is 2.48. The first kappa shape index (κ1) is 18.5. The molecule has 6 heteroatoms. The largest absolute Gasteiger partial charge is 0.345 e. The number of fused-ring (bicyclic) bond motifs is 1. The molecule has 1 saturated carbocycles. The molecule has 1 N–H and O–H groups in total. The van der Waals surface area contributed by atoms with Crippen LogP contribution in [-0.2, 0) is 0 Å². The predicted molar refractivity (Wildman–Crippen MR) is 110 cm³/mol. The molecule has 0 radical (unpaired) electrons. The Hall–Kier alpha value is -2.89. The average molecular weight is 378 g/mol. The highest BCUT2D eigenvalue weighted by Gasteiger charge is 2.35. The Balaban J connectivity index is 1.74. The van der Waals surface area contributed by atoms with Gasteiger partial charge in [-0.25, -0.2) is 0 Å². The van der Waals surface area contributed by atoms with Crippen molar-refractivity contribution in [3.63, 3.8) is 0 Å². The van der Waals surface area contributed by atoms with Gasteiger partial charge in [0.1, 0.15) is 5.56 Å². The fraction of sp³-hybridized carbons (Fsp3) is 0.409. The molecular weight excluding hydrogens is 352 g/mol. The topological polar surface area (TPSA) is 70.5 Å². The first-order valence-corrected chi connectivity index (χ1v) is 9.71. The van der Waals surface area contributed by atoms with Crippen LogP contribution in [0.25, 0.3) is 16.9 Å². The van der Waals surface area contributed by atoms with Gasteiger partial charge in [0, 0.05) is 20.2 Å². The van der Waals surface area contributed by atoms with Gasteiger partial charge < -0.3 is 9.88 Å². The lowest BCUT2D eigenvalue weighted by atomic mass is 9.77. The van der Waals surface area contributed by atoms with Crippen molar-refractivity contribution in [3.8, 4) is 11.3 Å². The molecule has 1 fully saturated rings. The van der Waals surface area contributed by atoms with Gasteiger partial charge in [0.2, 0.25) is 0 Å². The summed E-state index contributed by atoms with van der Waals surface area (Å²) in [6.45, 7) is 4.68. The fourth-order valence-corrected chi connectivity index (χ4v) is 4.38. The number of aromatic nitrogens is 3. The summed E-state index contributed by atoms with van der Waals surface area (Å²) >= 11 is 0. The summed E-state index contributed by atoms with van der Waals surface area (Å²) < 4.78 is 1.23. The van der Waals surface area contributed by atoms with E-state index < -0.39 is 0 Å². The molecule has 1 amide bonds. The van der Waals surface area contributed by atoms with Crippen LogP contribution in [-0.4, -0.2) is 39.5 Å². The lowest BCUT2D eigenvalue weighted by Crippen LogP contribution is -2.22. The van der Waals surface area contributed by atoms with Gasteiger partial charge in [-0.2, -0.15) is 9.61 Å². The first-order valence-electron chi connectivity index (χ1n) is 9.71. The van der Waals surface area contributed by atoms with Crippen molar-refractivity contribution >= 4 is 11.6 Å². The highest BCUT2D eigenvalue weighted by atomic mass is 16.2. The smallest absolute Gasteiger partial charge is 0.274 e. The molecule has 0 spiro atoms. The summed E-state index contributed by atoms with van der Waals surface area (Å²) in [5, 5.41) is 4.06. The molecule has 6 nitrogen and oxygen atoms in total. The molecule has 3 aromatic rings. The number of benzene rings is 1. The Bertz CT molecular complexity index is 1090. The van der Waals surface area contributed by atoms with Gasteiger partial charge >= 0.3 is 0 Å². The number of nitrogens with one attached hydrogen (secondary N) is 1. The maximum absolute atomic E-state index is 12.5. The zero-order valence-electron chi connectivity index (χ0n) is 16.8. The SMILES string of the molecule is CN(C)C(=O)c1cnn2c(=O)cc(-c3ccc(C4CCCC4(C)C)cc3)[nH]c12. The van der Waals surface area contributed by atoms with E-state index in [-0.39, 0.29) is 11.5 Å². The number of carbonyl (C=O) groups excluding carboxylic acids is 1. The minimum atomic E-state index is -0.262. The van der Waals surface area contributed by atoms with Gasteiger partial charge in [-0.1, -0.05) is 44.5 Å². The third-order valence-corrected chi connectivity index (χ3v) is 6.02. The van der Waals surface area contributed by atoms with Crippen molar-refractivity contribution < 1.29 is 4.79 Å². The van der Waals surface area contributed by atoms with E-state index in [0.29, 0.717) is 28.2 Å². The van der Waals surface area contributed by atoms with Crippen LogP contribution < -0.4 is 5.56 Å². The summed E-state index contributed by atoms with van der Waals surface area (Å²) in [7, 11) is 3.36. The van der Waals surface area contributed by atoms with E-state index in [9.17, 15) is 9.59 Å². The number of hydrogen-bond donors (Lipinski definition) is 1. The van der Waals surface area contributed by atoms with Crippen molar-refractivity contribution in [2.75, 3.05) is 14.1 Å². The maximum Gasteiger partial charge on any atom is 0.274 e.